The fraction of sp³-hybridized carbons (Fsp3) is 0.286. The molecule has 0 aromatic heterocycles. The third-order valence-corrected chi connectivity index (χ3v) is 4.18. The van der Waals surface area contributed by atoms with Crippen LogP contribution in [0, 0.1) is 13.8 Å². The van der Waals surface area contributed by atoms with E-state index in [1.807, 2.05) is 38.1 Å². The fourth-order valence-corrected chi connectivity index (χ4v) is 2.65. The minimum absolute atomic E-state index is 0.0250. The summed E-state index contributed by atoms with van der Waals surface area (Å²) in [6.45, 7) is 4.16. The number of nitrogens with one attached hydrogen (secondary N) is 2. The molecule has 0 bridgehead atoms. The zero-order valence-electron chi connectivity index (χ0n) is 15.4. The predicted molar refractivity (Wildman–Crippen MR) is 101 cm³/mol. The number of benzene rings is 2. The Bertz CT molecular complexity index is 828. The van der Waals surface area contributed by atoms with Gasteiger partial charge in [-0.2, -0.15) is 0 Å². The Morgan fingerprint density at radius 1 is 0.962 bits per heavy atom. The summed E-state index contributed by atoms with van der Waals surface area (Å²) in [5.74, 6) is -0.380. The maximum absolute atomic E-state index is 12.3. The van der Waals surface area contributed by atoms with Gasteiger partial charge in [0.1, 0.15) is 0 Å². The molecule has 0 saturated carbocycles. The van der Waals surface area contributed by atoms with Gasteiger partial charge in [0, 0.05) is 37.6 Å². The van der Waals surface area contributed by atoms with E-state index >= 15 is 0 Å². The number of Topliss-reactive ketones (excluding diaryl/α,β-unsaturated/α-hetero) is 1. The van der Waals surface area contributed by atoms with Gasteiger partial charge in [0.15, 0.2) is 5.78 Å². The smallest absolute Gasteiger partial charge is 0.251 e. The number of ketones is 1. The normalized spacial score (nSPS) is 10.3. The lowest BCUT2D eigenvalue weighted by molar-refractivity contribution is -0.121. The maximum Gasteiger partial charge on any atom is 0.251 e. The minimum Gasteiger partial charge on any atom is -0.355 e. The van der Waals surface area contributed by atoms with Crippen LogP contribution in [0.2, 0.25) is 0 Å². The van der Waals surface area contributed by atoms with Crippen LogP contribution in [0.25, 0.3) is 0 Å². The van der Waals surface area contributed by atoms with Crippen molar-refractivity contribution in [3.8, 4) is 0 Å². The molecule has 2 aromatic rings. The topological polar surface area (TPSA) is 75.3 Å². The lowest BCUT2D eigenvalue weighted by Gasteiger charge is -2.08. The van der Waals surface area contributed by atoms with Gasteiger partial charge in [0.2, 0.25) is 5.91 Å². The number of amides is 2. The molecular weight excluding hydrogens is 328 g/mol. The molecule has 0 radical (unpaired) electrons. The van der Waals surface area contributed by atoms with E-state index in [0.717, 1.165) is 16.7 Å². The Hall–Kier alpha value is -2.95. The van der Waals surface area contributed by atoms with Gasteiger partial charge in [0.25, 0.3) is 5.91 Å². The lowest BCUT2D eigenvalue weighted by atomic mass is 9.99. The summed E-state index contributed by atoms with van der Waals surface area (Å²) in [7, 11) is 1.57. The van der Waals surface area contributed by atoms with Gasteiger partial charge in [-0.15, -0.1) is 0 Å². The Labute approximate surface area is 153 Å². The Balaban J connectivity index is 1.86. The van der Waals surface area contributed by atoms with E-state index in [4.69, 9.17) is 0 Å². The number of carbonyl (C=O) groups is 3. The molecule has 0 aliphatic carbocycles. The monoisotopic (exact) mass is 352 g/mol. The second-order valence-corrected chi connectivity index (χ2v) is 6.30. The van der Waals surface area contributed by atoms with Crippen molar-refractivity contribution in [1.82, 2.24) is 10.6 Å². The van der Waals surface area contributed by atoms with Crippen molar-refractivity contribution in [3.05, 3.63) is 70.3 Å². The van der Waals surface area contributed by atoms with Crippen LogP contribution in [0.15, 0.2) is 42.5 Å². The van der Waals surface area contributed by atoms with Crippen molar-refractivity contribution in [2.75, 3.05) is 7.05 Å². The summed E-state index contributed by atoms with van der Waals surface area (Å²) in [6.07, 6.45) is 0.315. The molecule has 0 atom stereocenters. The van der Waals surface area contributed by atoms with E-state index in [-0.39, 0.29) is 30.4 Å². The van der Waals surface area contributed by atoms with Crippen molar-refractivity contribution >= 4 is 17.6 Å². The fourth-order valence-electron chi connectivity index (χ4n) is 2.65. The second kappa shape index (κ2) is 8.94. The largest absolute Gasteiger partial charge is 0.355 e. The van der Waals surface area contributed by atoms with Crippen LogP contribution in [0.5, 0.6) is 0 Å². The number of hydrogen-bond donors (Lipinski definition) is 2. The van der Waals surface area contributed by atoms with E-state index < -0.39 is 0 Å². The molecule has 26 heavy (non-hydrogen) atoms. The quantitative estimate of drug-likeness (QED) is 0.752. The highest BCUT2D eigenvalue weighted by Gasteiger charge is 2.12. The summed E-state index contributed by atoms with van der Waals surface area (Å²) in [5.41, 5.74) is 4.01. The molecule has 136 valence electrons. The van der Waals surface area contributed by atoms with Crippen LogP contribution < -0.4 is 10.6 Å². The molecule has 0 unspecified atom stereocenters. The van der Waals surface area contributed by atoms with Crippen molar-refractivity contribution in [3.63, 3.8) is 0 Å². The molecule has 0 fully saturated rings. The van der Waals surface area contributed by atoms with Crippen LogP contribution >= 0.6 is 0 Å². The zero-order chi connectivity index (χ0) is 19.1. The number of carbonyl (C=O) groups excluding carboxylic acids is 3. The Kier molecular flexibility index (Phi) is 6.67. The molecule has 0 aliphatic rings. The van der Waals surface area contributed by atoms with Crippen LogP contribution in [0.3, 0.4) is 0 Å². The second-order valence-electron chi connectivity index (χ2n) is 6.30. The summed E-state index contributed by atoms with van der Waals surface area (Å²) in [4.78, 5) is 36.0. The SMILES string of the molecule is CNC(=O)c1cccc(CNC(=O)CCC(=O)c2cc(C)ccc2C)c1. The van der Waals surface area contributed by atoms with E-state index in [0.29, 0.717) is 17.7 Å². The van der Waals surface area contributed by atoms with E-state index in [9.17, 15) is 14.4 Å². The molecule has 0 aliphatic heterocycles. The number of rotatable bonds is 7. The van der Waals surface area contributed by atoms with Crippen molar-refractivity contribution in [1.29, 1.82) is 0 Å². The van der Waals surface area contributed by atoms with E-state index in [1.165, 1.54) is 0 Å². The van der Waals surface area contributed by atoms with Crippen LogP contribution in [0.1, 0.15) is 50.2 Å². The van der Waals surface area contributed by atoms with Crippen molar-refractivity contribution < 1.29 is 14.4 Å². The molecule has 0 spiro atoms. The molecule has 5 heteroatoms. The first-order valence-electron chi connectivity index (χ1n) is 8.59. The highest BCUT2D eigenvalue weighted by Crippen LogP contribution is 2.14. The Morgan fingerprint density at radius 3 is 2.46 bits per heavy atom. The number of hydrogen-bond acceptors (Lipinski definition) is 3. The molecule has 2 amide bonds. The van der Waals surface area contributed by atoms with Crippen molar-refractivity contribution in [2.24, 2.45) is 0 Å². The van der Waals surface area contributed by atoms with Gasteiger partial charge in [-0.25, -0.2) is 0 Å². The third kappa shape index (κ3) is 5.28. The summed E-state index contributed by atoms with van der Waals surface area (Å²) in [5, 5.41) is 5.36. The predicted octanol–water partition coefficient (Wildman–Crippen LogP) is 2.94. The first-order valence-corrected chi connectivity index (χ1v) is 8.59. The third-order valence-electron chi connectivity index (χ3n) is 4.18. The zero-order valence-corrected chi connectivity index (χ0v) is 15.4. The highest BCUT2D eigenvalue weighted by molar-refractivity contribution is 5.99. The average molecular weight is 352 g/mol. The van der Waals surface area contributed by atoms with Gasteiger partial charge in [-0.3, -0.25) is 14.4 Å². The van der Waals surface area contributed by atoms with Crippen LogP contribution in [0.4, 0.5) is 0 Å². The van der Waals surface area contributed by atoms with Crippen molar-refractivity contribution in [2.45, 2.75) is 33.2 Å². The first-order chi connectivity index (χ1) is 12.4. The summed E-state index contributed by atoms with van der Waals surface area (Å²) >= 11 is 0. The lowest BCUT2D eigenvalue weighted by Crippen LogP contribution is -2.24. The van der Waals surface area contributed by atoms with Gasteiger partial charge < -0.3 is 10.6 Å². The molecule has 0 saturated heterocycles. The number of aryl methyl sites for hydroxylation is 2. The molecular formula is C21H24N2O3. The summed E-state index contributed by atoms with van der Waals surface area (Å²) in [6, 6.07) is 12.8. The van der Waals surface area contributed by atoms with Crippen LogP contribution in [-0.2, 0) is 11.3 Å². The van der Waals surface area contributed by atoms with Gasteiger partial charge in [-0.1, -0.05) is 29.8 Å². The molecule has 0 heterocycles. The Morgan fingerprint density at radius 2 is 1.73 bits per heavy atom. The molecule has 5 nitrogen and oxygen atoms in total. The molecule has 2 N–H and O–H groups in total. The van der Waals surface area contributed by atoms with Gasteiger partial charge in [0.05, 0.1) is 0 Å². The van der Waals surface area contributed by atoms with Crippen LogP contribution in [-0.4, -0.2) is 24.6 Å². The average Bonchev–Trinajstić information content (AvgIpc) is 2.65. The standard InChI is InChI=1S/C21H24N2O3/c1-14-7-8-15(2)18(11-14)19(24)9-10-20(25)23-13-16-5-4-6-17(12-16)21(26)22-3/h4-8,11-12H,9-10,13H2,1-3H3,(H,22,26)(H,23,25). The van der Waals surface area contributed by atoms with Gasteiger partial charge in [-0.05, 0) is 43.2 Å². The molecule has 2 aromatic carbocycles. The summed E-state index contributed by atoms with van der Waals surface area (Å²) < 4.78 is 0. The maximum atomic E-state index is 12.3. The van der Waals surface area contributed by atoms with E-state index in [1.54, 1.807) is 25.2 Å². The minimum atomic E-state index is -0.186. The first kappa shape index (κ1) is 19.4. The molecule has 2 rings (SSSR count). The van der Waals surface area contributed by atoms with Gasteiger partial charge >= 0.3 is 0 Å². The highest BCUT2D eigenvalue weighted by atomic mass is 16.2. The van der Waals surface area contributed by atoms with E-state index in [2.05, 4.69) is 10.6 Å².